The van der Waals surface area contributed by atoms with E-state index >= 15 is 0 Å². The first kappa shape index (κ1) is 20.2. The zero-order chi connectivity index (χ0) is 18.4. The Morgan fingerprint density at radius 2 is 1.92 bits per heavy atom. The molecule has 144 valence electrons. The zero-order valence-corrected chi connectivity index (χ0v) is 16.3. The van der Waals surface area contributed by atoms with E-state index in [0.29, 0.717) is 18.4 Å². The molecule has 2 saturated carbocycles. The second kappa shape index (κ2) is 9.02. The number of amides is 1. The van der Waals surface area contributed by atoms with E-state index < -0.39 is 5.79 Å². The third-order valence-corrected chi connectivity index (χ3v) is 5.98. The third kappa shape index (κ3) is 5.44. The lowest BCUT2D eigenvalue weighted by Crippen LogP contribution is -2.41. The number of nitrogens with one attached hydrogen (secondary N) is 1. The number of carbonyl (C=O) groups is 2. The van der Waals surface area contributed by atoms with Crippen molar-refractivity contribution in [2.24, 2.45) is 17.8 Å². The highest BCUT2D eigenvalue weighted by Crippen LogP contribution is 2.41. The van der Waals surface area contributed by atoms with E-state index in [4.69, 9.17) is 9.47 Å². The Morgan fingerprint density at radius 3 is 2.56 bits per heavy atom. The van der Waals surface area contributed by atoms with Crippen LogP contribution in [0.25, 0.3) is 0 Å². The number of hydrogen-bond acceptors (Lipinski definition) is 4. The van der Waals surface area contributed by atoms with Crippen molar-refractivity contribution in [3.05, 3.63) is 0 Å². The molecule has 5 atom stereocenters. The normalized spacial score (nSPS) is 30.6. The molecule has 5 heteroatoms. The molecule has 5 unspecified atom stereocenters. The van der Waals surface area contributed by atoms with E-state index in [1.165, 1.54) is 25.7 Å². The Labute approximate surface area is 152 Å². The predicted octanol–water partition coefficient (Wildman–Crippen LogP) is 3.80. The van der Waals surface area contributed by atoms with Crippen LogP contribution in [0.1, 0.15) is 78.6 Å². The van der Waals surface area contributed by atoms with Gasteiger partial charge in [-0.25, -0.2) is 0 Å². The summed E-state index contributed by atoms with van der Waals surface area (Å²) in [6.45, 7) is 5.81. The van der Waals surface area contributed by atoms with Crippen molar-refractivity contribution in [3.63, 3.8) is 0 Å². The molecule has 0 saturated heterocycles. The minimum atomic E-state index is -0.926. The highest BCUT2D eigenvalue weighted by Gasteiger charge is 2.45. The molecular weight excluding hydrogens is 318 g/mol. The van der Waals surface area contributed by atoms with Gasteiger partial charge in [-0.3, -0.25) is 9.59 Å². The molecule has 2 fully saturated rings. The van der Waals surface area contributed by atoms with E-state index in [1.54, 1.807) is 14.0 Å². The first-order valence-corrected chi connectivity index (χ1v) is 10.0. The molecule has 2 aliphatic carbocycles. The Kier molecular flexibility index (Phi) is 7.29. The summed E-state index contributed by atoms with van der Waals surface area (Å²) >= 11 is 0. The van der Waals surface area contributed by atoms with E-state index in [2.05, 4.69) is 12.2 Å². The van der Waals surface area contributed by atoms with Crippen molar-refractivity contribution in [2.45, 2.75) is 90.4 Å². The van der Waals surface area contributed by atoms with Crippen LogP contribution in [0.2, 0.25) is 0 Å². The summed E-state index contributed by atoms with van der Waals surface area (Å²) in [7, 11) is 1.57. The van der Waals surface area contributed by atoms with E-state index in [-0.39, 0.29) is 23.7 Å². The number of hydrogen-bond donors (Lipinski definition) is 1. The molecule has 0 aromatic carbocycles. The van der Waals surface area contributed by atoms with Crippen LogP contribution in [-0.2, 0) is 19.1 Å². The quantitative estimate of drug-likeness (QED) is 0.368. The van der Waals surface area contributed by atoms with Crippen LogP contribution >= 0.6 is 0 Å². The Balaban J connectivity index is 1.78. The third-order valence-electron chi connectivity index (χ3n) is 5.98. The van der Waals surface area contributed by atoms with Crippen molar-refractivity contribution < 1.29 is 19.1 Å². The van der Waals surface area contributed by atoms with Crippen molar-refractivity contribution in [2.75, 3.05) is 7.11 Å². The topological polar surface area (TPSA) is 64.6 Å². The number of ether oxygens (including phenoxy) is 2. The fourth-order valence-electron chi connectivity index (χ4n) is 3.99. The average molecular weight is 354 g/mol. The molecule has 1 N–H and O–H groups in total. The molecule has 0 spiro atoms. The summed E-state index contributed by atoms with van der Waals surface area (Å²) in [5.41, 5.74) is 0. The monoisotopic (exact) mass is 353 g/mol. The number of esters is 1. The van der Waals surface area contributed by atoms with Crippen LogP contribution in [0.5, 0.6) is 0 Å². The summed E-state index contributed by atoms with van der Waals surface area (Å²) in [6, 6.07) is 0.384. The lowest BCUT2D eigenvalue weighted by atomic mass is 9.96. The van der Waals surface area contributed by atoms with Gasteiger partial charge in [0, 0.05) is 38.3 Å². The van der Waals surface area contributed by atoms with Gasteiger partial charge in [-0.15, -0.1) is 0 Å². The minimum Gasteiger partial charge on any atom is -0.433 e. The molecule has 2 aliphatic rings. The van der Waals surface area contributed by atoms with Gasteiger partial charge in [-0.05, 0) is 38.0 Å². The maximum Gasteiger partial charge on any atom is 0.308 e. The maximum atomic E-state index is 12.6. The molecule has 0 radical (unpaired) electrons. The minimum absolute atomic E-state index is 0.0108. The SMILES string of the molecule is CCCCCC1CC1NC(=O)C1CCC(C(C)(OC)OC(=O)CC)C1. The lowest BCUT2D eigenvalue weighted by Gasteiger charge is -2.33. The first-order valence-electron chi connectivity index (χ1n) is 10.0. The highest BCUT2D eigenvalue weighted by molar-refractivity contribution is 5.79. The van der Waals surface area contributed by atoms with Gasteiger partial charge in [0.15, 0.2) is 0 Å². The number of rotatable bonds is 10. The highest BCUT2D eigenvalue weighted by atomic mass is 16.7. The van der Waals surface area contributed by atoms with Crippen LogP contribution in [0.3, 0.4) is 0 Å². The lowest BCUT2D eigenvalue weighted by molar-refractivity contribution is -0.235. The molecule has 2 rings (SSSR count). The average Bonchev–Trinajstić information content (AvgIpc) is 3.13. The smallest absolute Gasteiger partial charge is 0.308 e. The van der Waals surface area contributed by atoms with Gasteiger partial charge in [0.05, 0.1) is 0 Å². The standard InChI is InChI=1S/C20H35NO4/c1-5-7-8-9-14-13-17(14)21-19(23)15-10-11-16(12-15)20(3,24-4)25-18(22)6-2/h14-17H,5-13H2,1-4H3,(H,21,23). The molecule has 0 aliphatic heterocycles. The number of unbranched alkanes of at least 4 members (excludes halogenated alkanes) is 2. The molecule has 25 heavy (non-hydrogen) atoms. The van der Waals surface area contributed by atoms with Crippen LogP contribution < -0.4 is 5.32 Å². The maximum absolute atomic E-state index is 12.6. The molecule has 1 amide bonds. The summed E-state index contributed by atoms with van der Waals surface area (Å²) in [6.07, 6.45) is 8.92. The molecular formula is C20H35NO4. The Hall–Kier alpha value is -1.10. The van der Waals surface area contributed by atoms with E-state index in [9.17, 15) is 9.59 Å². The fraction of sp³-hybridized carbons (Fsp3) is 0.900. The van der Waals surface area contributed by atoms with Gasteiger partial charge >= 0.3 is 5.97 Å². The van der Waals surface area contributed by atoms with Crippen LogP contribution in [0.4, 0.5) is 0 Å². The molecule has 0 bridgehead atoms. The second-order valence-corrected chi connectivity index (χ2v) is 7.86. The molecule has 0 aromatic rings. The Bertz CT molecular complexity index is 467. The summed E-state index contributed by atoms with van der Waals surface area (Å²) in [4.78, 5) is 24.2. The molecule has 5 nitrogen and oxygen atoms in total. The second-order valence-electron chi connectivity index (χ2n) is 7.86. The number of carbonyl (C=O) groups excluding carboxylic acids is 2. The zero-order valence-electron chi connectivity index (χ0n) is 16.3. The summed E-state index contributed by atoms with van der Waals surface area (Å²) in [5, 5.41) is 3.23. The fourth-order valence-corrected chi connectivity index (χ4v) is 3.99. The van der Waals surface area contributed by atoms with E-state index in [1.807, 2.05) is 6.92 Å². The van der Waals surface area contributed by atoms with Crippen molar-refractivity contribution in [1.82, 2.24) is 5.32 Å². The van der Waals surface area contributed by atoms with E-state index in [0.717, 1.165) is 25.7 Å². The van der Waals surface area contributed by atoms with Crippen LogP contribution in [-0.4, -0.2) is 30.8 Å². The van der Waals surface area contributed by atoms with Gasteiger partial charge in [-0.1, -0.05) is 33.1 Å². The number of methoxy groups -OCH3 is 1. The van der Waals surface area contributed by atoms with Crippen molar-refractivity contribution in [1.29, 1.82) is 0 Å². The van der Waals surface area contributed by atoms with Gasteiger partial charge < -0.3 is 14.8 Å². The van der Waals surface area contributed by atoms with Gasteiger partial charge in [0.2, 0.25) is 11.7 Å². The molecule has 0 heterocycles. The van der Waals surface area contributed by atoms with Gasteiger partial charge in [0.25, 0.3) is 0 Å². The van der Waals surface area contributed by atoms with Gasteiger partial charge in [0.1, 0.15) is 0 Å². The van der Waals surface area contributed by atoms with Crippen LogP contribution in [0, 0.1) is 17.8 Å². The summed E-state index contributed by atoms with van der Waals surface area (Å²) in [5.74, 6) is -0.247. The predicted molar refractivity (Wildman–Crippen MR) is 96.8 cm³/mol. The van der Waals surface area contributed by atoms with Gasteiger partial charge in [-0.2, -0.15) is 0 Å². The summed E-state index contributed by atoms with van der Waals surface area (Å²) < 4.78 is 11.0. The first-order chi connectivity index (χ1) is 11.9. The van der Waals surface area contributed by atoms with Crippen LogP contribution in [0.15, 0.2) is 0 Å². The van der Waals surface area contributed by atoms with Crippen molar-refractivity contribution >= 4 is 11.9 Å². The largest absolute Gasteiger partial charge is 0.433 e. The molecule has 0 aromatic heterocycles. The Morgan fingerprint density at radius 1 is 1.16 bits per heavy atom. The van der Waals surface area contributed by atoms with Crippen molar-refractivity contribution in [3.8, 4) is 0 Å².